The Balaban J connectivity index is 1.34. The number of fused-ring (bicyclic) bond motifs is 1. The van der Waals surface area contributed by atoms with Crippen LogP contribution in [0.25, 0.3) is 0 Å². The molecule has 0 bridgehead atoms. The fourth-order valence-electron chi connectivity index (χ4n) is 4.29. The molecular formula is C25H22N6O7S3. The number of rotatable bonds is 9. The molecule has 1 fully saturated rings. The predicted molar refractivity (Wildman–Crippen MR) is 150 cm³/mol. The number of aromatic hydroxyl groups is 1. The van der Waals surface area contributed by atoms with E-state index in [4.69, 9.17) is 0 Å². The number of β-lactam (4-membered cyclic amide) rings is 1. The van der Waals surface area contributed by atoms with Gasteiger partial charge in [0.15, 0.2) is 9.77 Å². The van der Waals surface area contributed by atoms with Crippen molar-refractivity contribution in [3.63, 3.8) is 0 Å². The van der Waals surface area contributed by atoms with Crippen LogP contribution in [-0.2, 0) is 14.4 Å². The summed E-state index contributed by atoms with van der Waals surface area (Å²) in [7, 11) is 0. The van der Waals surface area contributed by atoms with Gasteiger partial charge >= 0.3 is 5.97 Å². The van der Waals surface area contributed by atoms with E-state index >= 15 is 0 Å². The number of aliphatic carboxylic acids is 1. The average Bonchev–Trinajstić information content (AvgIpc) is 3.38. The molecule has 13 nitrogen and oxygen atoms in total. The summed E-state index contributed by atoms with van der Waals surface area (Å²) in [6, 6.07) is 4.31. The predicted octanol–water partition coefficient (Wildman–Crippen LogP) is 1.24. The van der Waals surface area contributed by atoms with E-state index < -0.39 is 46.6 Å². The Bertz CT molecular complexity index is 1620. The number of hydrogen-bond donors (Lipinski definition) is 5. The molecule has 2 aliphatic heterocycles. The summed E-state index contributed by atoms with van der Waals surface area (Å²) in [6.45, 7) is 1.82. The number of amides is 3. The highest BCUT2D eigenvalue weighted by Crippen LogP contribution is 2.42. The summed E-state index contributed by atoms with van der Waals surface area (Å²) in [4.78, 5) is 67.6. The van der Waals surface area contributed by atoms with Crippen LogP contribution in [0, 0.1) is 6.92 Å². The number of aromatic amines is 1. The molecule has 0 aliphatic carbocycles. The van der Waals surface area contributed by atoms with E-state index in [9.17, 15) is 34.2 Å². The zero-order valence-electron chi connectivity index (χ0n) is 21.2. The lowest BCUT2D eigenvalue weighted by Crippen LogP contribution is -2.71. The number of phenols is 1. The molecule has 5 N–H and O–H groups in total. The second-order valence-corrected chi connectivity index (χ2v) is 12.5. The number of aryl methyl sites for hydroxylation is 1. The van der Waals surface area contributed by atoms with Gasteiger partial charge in [0.25, 0.3) is 11.8 Å². The number of benzene rings is 1. The van der Waals surface area contributed by atoms with E-state index in [1.165, 1.54) is 82.5 Å². The summed E-state index contributed by atoms with van der Waals surface area (Å²) in [5.74, 6) is -2.85. The molecule has 3 amide bonds. The molecule has 2 aliphatic rings. The lowest BCUT2D eigenvalue weighted by atomic mass is 10.0. The Kier molecular flexibility index (Phi) is 8.14. The van der Waals surface area contributed by atoms with Gasteiger partial charge in [-0.15, -0.1) is 22.0 Å². The van der Waals surface area contributed by atoms with Crippen LogP contribution in [0.1, 0.15) is 27.0 Å². The molecule has 3 aromatic rings. The van der Waals surface area contributed by atoms with Crippen molar-refractivity contribution in [2.45, 2.75) is 28.7 Å². The molecule has 0 saturated carbocycles. The van der Waals surface area contributed by atoms with E-state index in [0.29, 0.717) is 27.0 Å². The van der Waals surface area contributed by atoms with Crippen LogP contribution in [-0.4, -0.2) is 76.9 Å². The Morgan fingerprint density at radius 1 is 1.20 bits per heavy atom. The fraction of sp³-hybridized carbons (Fsp3) is 0.240. The van der Waals surface area contributed by atoms with Gasteiger partial charge in [-0.05, 0) is 30.2 Å². The van der Waals surface area contributed by atoms with E-state index in [1.807, 2.05) is 6.92 Å². The molecule has 5 rings (SSSR count). The van der Waals surface area contributed by atoms with Gasteiger partial charge in [-0.25, -0.2) is 4.79 Å². The maximum atomic E-state index is 13.4. The van der Waals surface area contributed by atoms with Crippen molar-refractivity contribution in [1.29, 1.82) is 0 Å². The highest BCUT2D eigenvalue weighted by atomic mass is 32.2. The number of carbonyl (C=O) groups is 4. The van der Waals surface area contributed by atoms with Gasteiger partial charge in [-0.3, -0.25) is 24.1 Å². The lowest BCUT2D eigenvalue weighted by Gasteiger charge is -2.49. The van der Waals surface area contributed by atoms with Gasteiger partial charge in [0.05, 0.1) is 0 Å². The second kappa shape index (κ2) is 11.8. The number of aromatic nitrogens is 3. The van der Waals surface area contributed by atoms with Crippen LogP contribution in [0.15, 0.2) is 63.1 Å². The van der Waals surface area contributed by atoms with Crippen LogP contribution in [0.4, 0.5) is 0 Å². The summed E-state index contributed by atoms with van der Waals surface area (Å²) >= 11 is 4.04. The number of pyridine rings is 1. The lowest BCUT2D eigenvalue weighted by molar-refractivity contribution is -0.151. The highest BCUT2D eigenvalue weighted by molar-refractivity contribution is 8.01. The standard InChI is InChI=1S/C25H22N6O7S3/c1-11-29-30-25(41-11)40-10-13-9-39-23-18(22(36)31(23)19(13)24(37)38)28-21(35)17(12-2-4-14(32)5-3-12)27-20(34)15-8-26-7-6-16(15)33/h2-8,17-18,23,32H,9-10H2,1H3,(H,26,33)(H,27,34)(H,28,35)(H,37,38)/t17?,18?,23-/m0/s1. The number of nitrogens with one attached hydrogen (secondary N) is 3. The van der Waals surface area contributed by atoms with Gasteiger partial charge in [0, 0.05) is 30.0 Å². The number of hydrogen-bond acceptors (Lipinski definition) is 11. The number of carboxylic acid groups (broad SMARTS) is 1. The molecule has 3 atom stereocenters. The zero-order valence-corrected chi connectivity index (χ0v) is 23.6. The number of thioether (sulfide) groups is 2. The quantitative estimate of drug-likeness (QED) is 0.172. The Morgan fingerprint density at radius 3 is 2.61 bits per heavy atom. The van der Waals surface area contributed by atoms with Gasteiger partial charge < -0.3 is 25.8 Å². The Labute approximate surface area is 244 Å². The fourth-order valence-corrected chi connectivity index (χ4v) is 7.59. The minimum absolute atomic E-state index is 0.0645. The van der Waals surface area contributed by atoms with Gasteiger partial charge in [-0.1, -0.05) is 35.2 Å². The summed E-state index contributed by atoms with van der Waals surface area (Å²) < 4.78 is 0.687. The molecule has 16 heteroatoms. The van der Waals surface area contributed by atoms with Crippen molar-refractivity contribution in [1.82, 2.24) is 30.7 Å². The van der Waals surface area contributed by atoms with Crippen molar-refractivity contribution < 1.29 is 29.4 Å². The van der Waals surface area contributed by atoms with Gasteiger partial charge in [0.1, 0.15) is 39.5 Å². The van der Waals surface area contributed by atoms with Crippen molar-refractivity contribution >= 4 is 58.6 Å². The number of carboxylic acids is 1. The molecule has 1 aromatic carbocycles. The molecular weight excluding hydrogens is 593 g/mol. The molecule has 4 heterocycles. The molecule has 2 unspecified atom stereocenters. The largest absolute Gasteiger partial charge is 0.508 e. The van der Waals surface area contributed by atoms with Crippen LogP contribution in [0.5, 0.6) is 5.75 Å². The summed E-state index contributed by atoms with van der Waals surface area (Å²) in [5, 5.41) is 32.9. The number of nitrogens with zero attached hydrogens (tertiary/aromatic N) is 3. The number of H-pyrrole nitrogens is 1. The van der Waals surface area contributed by atoms with Gasteiger partial charge in [0.2, 0.25) is 5.91 Å². The SMILES string of the molecule is Cc1nnc(SCC2=C(C(=O)O)N3C(=O)C(NC(=O)C(NC(=O)c4c[nH]ccc4=O)c4ccc(O)cc4)[C@@H]3SC2)s1. The second-order valence-electron chi connectivity index (χ2n) is 8.95. The summed E-state index contributed by atoms with van der Waals surface area (Å²) in [6.07, 6.45) is 2.57. The zero-order chi connectivity index (χ0) is 29.3. The van der Waals surface area contributed by atoms with Crippen LogP contribution in [0.2, 0.25) is 0 Å². The third-order valence-corrected chi connectivity index (χ3v) is 9.66. The number of carbonyl (C=O) groups excluding carboxylic acids is 3. The van der Waals surface area contributed by atoms with E-state index in [2.05, 4.69) is 25.8 Å². The molecule has 0 radical (unpaired) electrons. The third kappa shape index (κ3) is 5.84. The topological polar surface area (TPSA) is 195 Å². The maximum Gasteiger partial charge on any atom is 0.352 e. The normalized spacial score (nSPS) is 18.8. The van der Waals surface area contributed by atoms with Crippen molar-refractivity contribution in [3.05, 3.63) is 80.4 Å². The number of phenolic OH excluding ortho intramolecular Hbond substituents is 1. The minimum atomic E-state index is -1.32. The Morgan fingerprint density at radius 2 is 1.95 bits per heavy atom. The first kappa shape index (κ1) is 28.4. The smallest absolute Gasteiger partial charge is 0.352 e. The van der Waals surface area contributed by atoms with E-state index in [0.717, 1.165) is 5.01 Å². The van der Waals surface area contributed by atoms with Crippen LogP contribution in [0.3, 0.4) is 0 Å². The van der Waals surface area contributed by atoms with Crippen LogP contribution >= 0.6 is 34.9 Å². The maximum absolute atomic E-state index is 13.4. The molecule has 2 aromatic heterocycles. The molecule has 1 saturated heterocycles. The first-order valence-electron chi connectivity index (χ1n) is 12.0. The first-order valence-corrected chi connectivity index (χ1v) is 14.9. The van der Waals surface area contributed by atoms with Crippen LogP contribution < -0.4 is 16.1 Å². The van der Waals surface area contributed by atoms with Gasteiger partial charge in [-0.2, -0.15) is 0 Å². The Hall–Kier alpha value is -4.15. The minimum Gasteiger partial charge on any atom is -0.508 e. The summed E-state index contributed by atoms with van der Waals surface area (Å²) in [5.41, 5.74) is -0.0547. The third-order valence-electron chi connectivity index (χ3n) is 6.26. The highest BCUT2D eigenvalue weighted by Gasteiger charge is 2.54. The van der Waals surface area contributed by atoms with Crippen molar-refractivity contribution in [3.8, 4) is 5.75 Å². The first-order chi connectivity index (χ1) is 19.6. The van der Waals surface area contributed by atoms with Crippen molar-refractivity contribution in [2.75, 3.05) is 11.5 Å². The van der Waals surface area contributed by atoms with Crippen molar-refractivity contribution in [2.24, 2.45) is 0 Å². The molecule has 41 heavy (non-hydrogen) atoms. The molecule has 212 valence electrons. The van der Waals surface area contributed by atoms with E-state index in [1.54, 1.807) is 0 Å². The monoisotopic (exact) mass is 614 g/mol. The molecule has 0 spiro atoms. The van der Waals surface area contributed by atoms with E-state index in [-0.39, 0.29) is 17.0 Å². The average molecular weight is 615 g/mol.